The molecule has 0 amide bonds. The summed E-state index contributed by atoms with van der Waals surface area (Å²) in [6.45, 7) is 0.442. The van der Waals surface area contributed by atoms with E-state index in [1.807, 2.05) is 24.3 Å². The molecule has 0 unspecified atom stereocenters. The number of nitrogens with zero attached hydrogens (tertiary/aromatic N) is 1. The standard InChI is InChI=1S/C10H9ClN2/c11-8-2-1-7-3-4-13-10(6-12)9(7)5-8/h1-5H,6,12H2. The van der Waals surface area contributed by atoms with Crippen molar-refractivity contribution in [2.75, 3.05) is 0 Å². The molecule has 2 N–H and O–H groups in total. The van der Waals surface area contributed by atoms with Crippen LogP contribution in [0.4, 0.5) is 0 Å². The lowest BCUT2D eigenvalue weighted by molar-refractivity contribution is 1.01. The zero-order valence-electron chi connectivity index (χ0n) is 7.00. The molecule has 0 aliphatic rings. The Balaban J connectivity index is 2.79. The average Bonchev–Trinajstić information content (AvgIpc) is 2.17. The second-order valence-corrected chi connectivity index (χ2v) is 3.26. The van der Waals surface area contributed by atoms with E-state index in [-0.39, 0.29) is 0 Å². The topological polar surface area (TPSA) is 38.9 Å². The first-order valence-electron chi connectivity index (χ1n) is 4.04. The van der Waals surface area contributed by atoms with Crippen molar-refractivity contribution in [2.45, 2.75) is 6.54 Å². The van der Waals surface area contributed by atoms with Crippen LogP contribution in [0.1, 0.15) is 5.69 Å². The first-order chi connectivity index (χ1) is 6.31. The lowest BCUT2D eigenvalue weighted by Crippen LogP contribution is -1.99. The molecule has 66 valence electrons. The quantitative estimate of drug-likeness (QED) is 0.754. The molecule has 2 rings (SSSR count). The third kappa shape index (κ3) is 1.50. The van der Waals surface area contributed by atoms with Crippen LogP contribution in [0.3, 0.4) is 0 Å². The van der Waals surface area contributed by atoms with Crippen LogP contribution >= 0.6 is 11.6 Å². The Morgan fingerprint density at radius 2 is 2.15 bits per heavy atom. The first-order valence-corrected chi connectivity index (χ1v) is 4.42. The van der Waals surface area contributed by atoms with Gasteiger partial charge in [-0.05, 0) is 23.6 Å². The normalized spacial score (nSPS) is 10.6. The molecular formula is C10H9ClN2. The van der Waals surface area contributed by atoms with Crippen LogP contribution in [-0.2, 0) is 6.54 Å². The second-order valence-electron chi connectivity index (χ2n) is 2.83. The van der Waals surface area contributed by atoms with E-state index < -0.39 is 0 Å². The minimum atomic E-state index is 0.442. The maximum Gasteiger partial charge on any atom is 0.0618 e. The summed E-state index contributed by atoms with van der Waals surface area (Å²) >= 11 is 5.88. The fraction of sp³-hybridized carbons (Fsp3) is 0.100. The highest BCUT2D eigenvalue weighted by atomic mass is 35.5. The van der Waals surface area contributed by atoms with Crippen molar-refractivity contribution in [3.8, 4) is 0 Å². The Morgan fingerprint density at radius 1 is 1.31 bits per heavy atom. The highest BCUT2D eigenvalue weighted by Gasteiger charge is 2.00. The Morgan fingerprint density at radius 3 is 2.92 bits per heavy atom. The number of nitrogens with two attached hydrogens (primary N) is 1. The molecule has 2 aromatic rings. The van der Waals surface area contributed by atoms with Gasteiger partial charge in [-0.1, -0.05) is 17.7 Å². The van der Waals surface area contributed by atoms with Crippen molar-refractivity contribution >= 4 is 22.4 Å². The van der Waals surface area contributed by atoms with E-state index in [9.17, 15) is 0 Å². The van der Waals surface area contributed by atoms with Gasteiger partial charge < -0.3 is 5.73 Å². The van der Waals surface area contributed by atoms with Crippen molar-refractivity contribution in [3.05, 3.63) is 41.2 Å². The second kappa shape index (κ2) is 3.32. The van der Waals surface area contributed by atoms with Crippen LogP contribution in [0.15, 0.2) is 30.5 Å². The number of fused-ring (bicyclic) bond motifs is 1. The molecule has 0 atom stereocenters. The molecule has 0 saturated carbocycles. The summed E-state index contributed by atoms with van der Waals surface area (Å²) < 4.78 is 0. The number of halogens is 1. The minimum absolute atomic E-state index is 0.442. The SMILES string of the molecule is NCc1nccc2ccc(Cl)cc12. The van der Waals surface area contributed by atoms with Gasteiger partial charge in [0, 0.05) is 23.2 Å². The highest BCUT2D eigenvalue weighted by Crippen LogP contribution is 2.20. The van der Waals surface area contributed by atoms with Gasteiger partial charge in [0.1, 0.15) is 0 Å². The number of hydrogen-bond acceptors (Lipinski definition) is 2. The van der Waals surface area contributed by atoms with E-state index in [1.54, 1.807) is 6.20 Å². The summed E-state index contributed by atoms with van der Waals surface area (Å²) in [5.74, 6) is 0. The molecule has 0 aliphatic carbocycles. The molecule has 3 heteroatoms. The maximum absolute atomic E-state index is 5.88. The number of pyridine rings is 1. The monoisotopic (exact) mass is 192 g/mol. The fourth-order valence-corrected chi connectivity index (χ4v) is 1.54. The molecule has 0 bridgehead atoms. The number of rotatable bonds is 1. The summed E-state index contributed by atoms with van der Waals surface area (Å²) in [6.07, 6.45) is 1.76. The number of hydrogen-bond donors (Lipinski definition) is 1. The van der Waals surface area contributed by atoms with Gasteiger partial charge in [0.2, 0.25) is 0 Å². The smallest absolute Gasteiger partial charge is 0.0618 e. The van der Waals surface area contributed by atoms with Crippen molar-refractivity contribution in [3.63, 3.8) is 0 Å². The third-order valence-corrected chi connectivity index (χ3v) is 2.24. The molecule has 0 radical (unpaired) electrons. The molecular weight excluding hydrogens is 184 g/mol. The Bertz CT molecular complexity index is 440. The summed E-state index contributed by atoms with van der Waals surface area (Å²) in [6, 6.07) is 7.68. The fourth-order valence-electron chi connectivity index (χ4n) is 1.36. The summed E-state index contributed by atoms with van der Waals surface area (Å²) in [7, 11) is 0. The highest BCUT2D eigenvalue weighted by molar-refractivity contribution is 6.31. The van der Waals surface area contributed by atoms with E-state index in [0.717, 1.165) is 21.5 Å². The predicted molar refractivity (Wildman–Crippen MR) is 54.6 cm³/mol. The van der Waals surface area contributed by atoms with Crippen LogP contribution in [0.2, 0.25) is 5.02 Å². The van der Waals surface area contributed by atoms with Crippen LogP contribution in [-0.4, -0.2) is 4.98 Å². The summed E-state index contributed by atoms with van der Waals surface area (Å²) in [5, 5.41) is 2.88. The zero-order valence-corrected chi connectivity index (χ0v) is 7.75. The predicted octanol–water partition coefficient (Wildman–Crippen LogP) is 2.35. The van der Waals surface area contributed by atoms with Gasteiger partial charge in [-0.2, -0.15) is 0 Å². The van der Waals surface area contributed by atoms with Crippen LogP contribution in [0, 0.1) is 0 Å². The lowest BCUT2D eigenvalue weighted by atomic mass is 10.1. The van der Waals surface area contributed by atoms with Gasteiger partial charge in [0.25, 0.3) is 0 Å². The molecule has 2 nitrogen and oxygen atoms in total. The van der Waals surface area contributed by atoms with Crippen molar-refractivity contribution < 1.29 is 0 Å². The van der Waals surface area contributed by atoms with E-state index in [2.05, 4.69) is 4.98 Å². The van der Waals surface area contributed by atoms with E-state index in [1.165, 1.54) is 0 Å². The minimum Gasteiger partial charge on any atom is -0.325 e. The molecule has 0 fully saturated rings. The zero-order chi connectivity index (χ0) is 9.26. The Kier molecular flexibility index (Phi) is 2.17. The number of aromatic nitrogens is 1. The lowest BCUT2D eigenvalue weighted by Gasteiger charge is -2.02. The molecule has 1 aromatic heterocycles. The van der Waals surface area contributed by atoms with Crippen LogP contribution < -0.4 is 5.73 Å². The van der Waals surface area contributed by atoms with E-state index in [0.29, 0.717) is 6.54 Å². The largest absolute Gasteiger partial charge is 0.325 e. The summed E-state index contributed by atoms with van der Waals surface area (Å²) in [5.41, 5.74) is 6.45. The van der Waals surface area contributed by atoms with Gasteiger partial charge >= 0.3 is 0 Å². The summed E-state index contributed by atoms with van der Waals surface area (Å²) in [4.78, 5) is 4.18. The molecule has 13 heavy (non-hydrogen) atoms. The average molecular weight is 193 g/mol. The molecule has 0 spiro atoms. The number of benzene rings is 1. The Hall–Kier alpha value is -1.12. The van der Waals surface area contributed by atoms with Gasteiger partial charge in [0.05, 0.1) is 5.69 Å². The van der Waals surface area contributed by atoms with Gasteiger partial charge in [-0.15, -0.1) is 0 Å². The maximum atomic E-state index is 5.88. The Labute approximate surface area is 81.3 Å². The first kappa shape index (κ1) is 8.48. The van der Waals surface area contributed by atoms with Gasteiger partial charge in [-0.3, -0.25) is 4.98 Å². The van der Waals surface area contributed by atoms with Crippen molar-refractivity contribution in [1.82, 2.24) is 4.98 Å². The van der Waals surface area contributed by atoms with Crippen LogP contribution in [0.5, 0.6) is 0 Å². The van der Waals surface area contributed by atoms with Gasteiger partial charge in [0.15, 0.2) is 0 Å². The molecule has 0 saturated heterocycles. The van der Waals surface area contributed by atoms with Crippen molar-refractivity contribution in [2.24, 2.45) is 5.73 Å². The molecule has 1 heterocycles. The molecule has 1 aromatic carbocycles. The van der Waals surface area contributed by atoms with Gasteiger partial charge in [-0.25, -0.2) is 0 Å². The van der Waals surface area contributed by atoms with E-state index >= 15 is 0 Å². The van der Waals surface area contributed by atoms with E-state index in [4.69, 9.17) is 17.3 Å². The molecule has 0 aliphatic heterocycles. The third-order valence-electron chi connectivity index (χ3n) is 2.00. The van der Waals surface area contributed by atoms with Crippen molar-refractivity contribution in [1.29, 1.82) is 0 Å². The van der Waals surface area contributed by atoms with Crippen LogP contribution in [0.25, 0.3) is 10.8 Å².